The van der Waals surface area contributed by atoms with Gasteiger partial charge >= 0.3 is 12.2 Å². The van der Waals surface area contributed by atoms with Gasteiger partial charge in [0.2, 0.25) is 6.41 Å². The van der Waals surface area contributed by atoms with Crippen molar-refractivity contribution >= 4 is 35.7 Å². The zero-order chi connectivity index (χ0) is 24.3. The number of rotatable bonds is 4. The summed E-state index contributed by atoms with van der Waals surface area (Å²) in [5.74, 6) is 0. The molecule has 0 aliphatic carbocycles. The number of nitro benzene ring substituents is 1. The zero-order valence-electron chi connectivity index (χ0n) is 19.3. The third-order valence-corrected chi connectivity index (χ3v) is 4.38. The Balaban J connectivity index is 2.47. The fourth-order valence-electron chi connectivity index (χ4n) is 3.02. The van der Waals surface area contributed by atoms with Gasteiger partial charge in [-0.15, -0.1) is 0 Å². The first-order valence-electron chi connectivity index (χ1n) is 10.2. The molecule has 0 bridgehead atoms. The number of carbonyl (C=O) groups is 3. The molecule has 1 fully saturated rings. The summed E-state index contributed by atoms with van der Waals surface area (Å²) < 4.78 is 10.6. The van der Waals surface area contributed by atoms with Crippen LogP contribution < -0.4 is 9.80 Å². The van der Waals surface area contributed by atoms with Crippen molar-refractivity contribution in [1.82, 2.24) is 4.90 Å². The van der Waals surface area contributed by atoms with Gasteiger partial charge in [0.25, 0.3) is 5.69 Å². The van der Waals surface area contributed by atoms with Crippen LogP contribution in [0.15, 0.2) is 18.2 Å². The van der Waals surface area contributed by atoms with E-state index in [0.29, 0.717) is 36.8 Å². The number of ether oxygens (including phenoxy) is 2. The molecule has 32 heavy (non-hydrogen) atoms. The summed E-state index contributed by atoms with van der Waals surface area (Å²) in [6.07, 6.45) is -1.40. The van der Waals surface area contributed by atoms with Gasteiger partial charge in [-0.2, -0.15) is 4.90 Å². The minimum absolute atomic E-state index is 0.256. The molecule has 1 saturated heterocycles. The number of hydrogen-bond donors (Lipinski definition) is 0. The molecule has 1 aliphatic rings. The van der Waals surface area contributed by atoms with Gasteiger partial charge in [-0.05, 0) is 53.7 Å². The minimum Gasteiger partial charge on any atom is -0.443 e. The van der Waals surface area contributed by atoms with Crippen molar-refractivity contribution in [2.75, 3.05) is 36.0 Å². The van der Waals surface area contributed by atoms with Crippen molar-refractivity contribution in [1.29, 1.82) is 0 Å². The SMILES string of the molecule is CC(C)(C)OC(=O)N(C(=O)OC(C)(C)C)c1ccc(N2CCN(C=O)CC2)cc1[N+](=O)[O-]. The fraction of sp³-hybridized carbons (Fsp3) is 0.571. The average Bonchev–Trinajstić information content (AvgIpc) is 2.65. The fourth-order valence-corrected chi connectivity index (χ4v) is 3.02. The molecule has 2 rings (SSSR count). The van der Waals surface area contributed by atoms with E-state index in [0.717, 1.165) is 6.41 Å². The molecular formula is C21H30N4O7. The molecule has 0 atom stereocenters. The molecule has 1 aliphatic heterocycles. The maximum Gasteiger partial charge on any atom is 0.424 e. The van der Waals surface area contributed by atoms with Gasteiger partial charge in [0.1, 0.15) is 16.9 Å². The quantitative estimate of drug-likeness (QED) is 0.388. The third kappa shape index (κ3) is 6.56. The van der Waals surface area contributed by atoms with Crippen LogP contribution in [0, 0.1) is 10.1 Å². The van der Waals surface area contributed by atoms with Crippen molar-refractivity contribution in [3.63, 3.8) is 0 Å². The Morgan fingerprint density at radius 2 is 1.50 bits per heavy atom. The summed E-state index contributed by atoms with van der Waals surface area (Å²) in [6.45, 7) is 11.7. The second-order valence-electron chi connectivity index (χ2n) is 9.35. The van der Waals surface area contributed by atoms with E-state index >= 15 is 0 Å². The largest absolute Gasteiger partial charge is 0.443 e. The molecule has 1 heterocycles. The van der Waals surface area contributed by atoms with Crippen molar-refractivity contribution in [2.45, 2.75) is 52.7 Å². The number of piperazine rings is 1. The van der Waals surface area contributed by atoms with Crippen molar-refractivity contribution in [3.05, 3.63) is 28.3 Å². The summed E-state index contributed by atoms with van der Waals surface area (Å²) in [5.41, 5.74) is -2.04. The second-order valence-corrected chi connectivity index (χ2v) is 9.35. The predicted octanol–water partition coefficient (Wildman–Crippen LogP) is 3.55. The van der Waals surface area contributed by atoms with Crippen LogP contribution >= 0.6 is 0 Å². The van der Waals surface area contributed by atoms with Crippen LogP contribution in [0.4, 0.5) is 26.7 Å². The first kappa shape index (κ1) is 24.9. The van der Waals surface area contributed by atoms with E-state index in [9.17, 15) is 24.5 Å². The number of nitro groups is 1. The summed E-state index contributed by atoms with van der Waals surface area (Å²) >= 11 is 0. The average molecular weight is 450 g/mol. The second kappa shape index (κ2) is 9.41. The van der Waals surface area contributed by atoms with E-state index < -0.39 is 34.0 Å². The highest BCUT2D eigenvalue weighted by Crippen LogP contribution is 2.35. The maximum absolute atomic E-state index is 12.8. The Bertz CT molecular complexity index is 853. The van der Waals surface area contributed by atoms with Crippen LogP contribution in [-0.2, 0) is 14.3 Å². The van der Waals surface area contributed by atoms with Crippen LogP contribution in [0.2, 0.25) is 0 Å². The molecule has 1 aromatic carbocycles. The molecule has 1 aromatic rings. The van der Waals surface area contributed by atoms with Gasteiger partial charge in [0.05, 0.1) is 4.92 Å². The molecule has 11 nitrogen and oxygen atoms in total. The van der Waals surface area contributed by atoms with E-state index in [2.05, 4.69) is 0 Å². The Kier molecular flexibility index (Phi) is 7.32. The van der Waals surface area contributed by atoms with E-state index in [1.165, 1.54) is 12.1 Å². The highest BCUT2D eigenvalue weighted by molar-refractivity contribution is 6.11. The lowest BCUT2D eigenvalue weighted by Crippen LogP contribution is -2.46. The molecule has 0 aromatic heterocycles. The summed E-state index contributed by atoms with van der Waals surface area (Å²) in [5, 5.41) is 11.9. The predicted molar refractivity (Wildman–Crippen MR) is 118 cm³/mol. The molecule has 11 heteroatoms. The molecule has 176 valence electrons. The van der Waals surface area contributed by atoms with Crippen LogP contribution in [0.25, 0.3) is 0 Å². The van der Waals surface area contributed by atoms with Crippen LogP contribution in [0.1, 0.15) is 41.5 Å². The highest BCUT2D eigenvalue weighted by Gasteiger charge is 2.37. The molecule has 0 radical (unpaired) electrons. The van der Waals surface area contributed by atoms with E-state index in [4.69, 9.17) is 9.47 Å². The Morgan fingerprint density at radius 1 is 1.00 bits per heavy atom. The van der Waals surface area contributed by atoms with E-state index in [1.54, 1.807) is 52.5 Å². The number of amides is 3. The first-order valence-corrected chi connectivity index (χ1v) is 10.2. The summed E-state index contributed by atoms with van der Waals surface area (Å²) in [6, 6.07) is 4.21. The monoisotopic (exact) mass is 450 g/mol. The summed E-state index contributed by atoms with van der Waals surface area (Å²) in [4.78, 5) is 51.9. The molecule has 0 spiro atoms. The van der Waals surface area contributed by atoms with Crippen LogP contribution in [0.3, 0.4) is 0 Å². The first-order chi connectivity index (χ1) is 14.7. The molecule has 0 saturated carbocycles. The van der Waals surface area contributed by atoms with Gasteiger partial charge in [-0.25, -0.2) is 9.59 Å². The minimum atomic E-state index is -1.08. The zero-order valence-corrected chi connectivity index (χ0v) is 19.3. The number of hydrogen-bond acceptors (Lipinski definition) is 8. The van der Waals surface area contributed by atoms with Crippen LogP contribution in [-0.4, -0.2) is 65.8 Å². The Labute approximate surface area is 187 Å². The van der Waals surface area contributed by atoms with E-state index in [1.807, 2.05) is 4.90 Å². The number of benzene rings is 1. The molecule has 0 N–H and O–H groups in total. The van der Waals surface area contributed by atoms with Crippen molar-refractivity contribution < 1.29 is 28.8 Å². The number of nitrogens with zero attached hydrogens (tertiary/aromatic N) is 4. The number of imide groups is 1. The maximum atomic E-state index is 12.8. The van der Waals surface area contributed by atoms with Gasteiger partial charge < -0.3 is 19.3 Å². The lowest BCUT2D eigenvalue weighted by molar-refractivity contribution is -0.384. The van der Waals surface area contributed by atoms with Gasteiger partial charge in [0, 0.05) is 37.9 Å². The smallest absolute Gasteiger partial charge is 0.424 e. The molecule has 3 amide bonds. The van der Waals surface area contributed by atoms with Crippen LogP contribution in [0.5, 0.6) is 0 Å². The normalized spacial score (nSPS) is 14.6. The standard InChI is InChI=1S/C21H30N4O7/c1-20(2,3)31-18(27)24(19(28)32-21(4,5)6)16-8-7-15(13-17(16)25(29)30)23-11-9-22(14-26)10-12-23/h7-8,13-14H,9-12H2,1-6H3. The highest BCUT2D eigenvalue weighted by atomic mass is 16.6. The van der Waals surface area contributed by atoms with Crippen molar-refractivity contribution in [2.24, 2.45) is 0 Å². The number of anilines is 2. The van der Waals surface area contributed by atoms with E-state index in [-0.39, 0.29) is 5.69 Å². The Hall–Kier alpha value is -3.37. The topological polar surface area (TPSA) is 123 Å². The van der Waals surface area contributed by atoms with Gasteiger partial charge in [0.15, 0.2) is 0 Å². The lowest BCUT2D eigenvalue weighted by atomic mass is 10.2. The molecular weight excluding hydrogens is 420 g/mol. The van der Waals surface area contributed by atoms with Gasteiger partial charge in [-0.1, -0.05) is 0 Å². The van der Waals surface area contributed by atoms with Gasteiger partial charge in [-0.3, -0.25) is 14.9 Å². The number of carbonyl (C=O) groups excluding carboxylic acids is 3. The molecule has 0 unspecified atom stereocenters. The van der Waals surface area contributed by atoms with Crippen molar-refractivity contribution in [3.8, 4) is 0 Å². The lowest BCUT2D eigenvalue weighted by Gasteiger charge is -2.34. The third-order valence-electron chi connectivity index (χ3n) is 4.38. The summed E-state index contributed by atoms with van der Waals surface area (Å²) in [7, 11) is 0. The Morgan fingerprint density at radius 3 is 1.91 bits per heavy atom.